The molecule has 1 unspecified atom stereocenters. The molecule has 1 atom stereocenters. The number of piperidine rings is 1. The minimum Gasteiger partial charge on any atom is -0.343 e. The van der Waals surface area contributed by atoms with E-state index < -0.39 is 0 Å². The monoisotopic (exact) mass is 398 g/mol. The maximum atomic E-state index is 13.6. The Morgan fingerprint density at radius 1 is 1.13 bits per heavy atom. The Morgan fingerprint density at radius 3 is 2.77 bits per heavy atom. The van der Waals surface area contributed by atoms with Gasteiger partial charge in [0.15, 0.2) is 5.82 Å². The summed E-state index contributed by atoms with van der Waals surface area (Å²) in [6.07, 6.45) is 3.22. The number of hydrogen-bond donors (Lipinski definition) is 0. The topological polar surface area (TPSA) is 72.1 Å². The van der Waals surface area contributed by atoms with Crippen molar-refractivity contribution in [2.45, 2.75) is 25.7 Å². The van der Waals surface area contributed by atoms with Gasteiger partial charge in [-0.2, -0.15) is 4.98 Å². The van der Waals surface area contributed by atoms with Gasteiger partial charge in [0.1, 0.15) is 0 Å². The predicted molar refractivity (Wildman–Crippen MR) is 114 cm³/mol. The smallest absolute Gasteiger partial charge is 0.254 e. The molecule has 0 bridgehead atoms. The van der Waals surface area contributed by atoms with E-state index in [1.165, 1.54) is 12.0 Å². The zero-order valence-electron chi connectivity index (χ0n) is 16.8. The number of para-hydroxylation sites is 1. The third-order valence-electron chi connectivity index (χ3n) is 5.75. The highest BCUT2D eigenvalue weighted by molar-refractivity contribution is 6.07. The van der Waals surface area contributed by atoms with E-state index in [1.54, 1.807) is 0 Å². The third-order valence-corrected chi connectivity index (χ3v) is 5.75. The molecule has 0 saturated carbocycles. The molecule has 0 N–H and O–H groups in total. The Kier molecular flexibility index (Phi) is 4.75. The minimum absolute atomic E-state index is 0.0233. The molecule has 5 rings (SSSR count). The van der Waals surface area contributed by atoms with Crippen LogP contribution in [0.2, 0.25) is 0 Å². The van der Waals surface area contributed by atoms with Crippen LogP contribution in [0.1, 0.15) is 40.5 Å². The van der Waals surface area contributed by atoms with Crippen LogP contribution in [0.3, 0.4) is 0 Å². The lowest BCUT2D eigenvalue weighted by molar-refractivity contribution is 0.0705. The zero-order chi connectivity index (χ0) is 20.5. The first-order chi connectivity index (χ1) is 14.7. The van der Waals surface area contributed by atoms with E-state index >= 15 is 0 Å². The number of fused-ring (bicyclic) bond motifs is 1. The molecule has 1 aliphatic heterocycles. The molecule has 1 saturated heterocycles. The fraction of sp³-hybridized carbons (Fsp3) is 0.250. The number of pyridine rings is 1. The van der Waals surface area contributed by atoms with Crippen molar-refractivity contribution in [3.63, 3.8) is 0 Å². The van der Waals surface area contributed by atoms with Gasteiger partial charge in [-0.25, -0.2) is 4.98 Å². The Labute approximate surface area is 174 Å². The molecule has 0 spiro atoms. The molecule has 150 valence electrons. The maximum Gasteiger partial charge on any atom is 0.254 e. The van der Waals surface area contributed by atoms with Crippen LogP contribution in [-0.4, -0.2) is 39.0 Å². The number of rotatable bonds is 3. The molecule has 1 fully saturated rings. The number of carbonyl (C=O) groups excluding carboxylic acids is 1. The Bertz CT molecular complexity index is 1190. The van der Waals surface area contributed by atoms with Gasteiger partial charge in [0.25, 0.3) is 5.91 Å². The van der Waals surface area contributed by atoms with Crippen LogP contribution in [0, 0.1) is 6.92 Å². The Balaban J connectivity index is 1.54. The Hall–Kier alpha value is -3.54. The second kappa shape index (κ2) is 7.71. The molecule has 3 heterocycles. The molecular formula is C24H22N4O2. The quantitative estimate of drug-likeness (QED) is 0.504. The van der Waals surface area contributed by atoms with Crippen molar-refractivity contribution in [1.29, 1.82) is 0 Å². The summed E-state index contributed by atoms with van der Waals surface area (Å²) in [5, 5.41) is 4.86. The summed E-state index contributed by atoms with van der Waals surface area (Å²) in [5.74, 6) is 0.800. The Morgan fingerprint density at radius 2 is 1.97 bits per heavy atom. The number of aryl methyl sites for hydroxylation is 1. The van der Waals surface area contributed by atoms with E-state index in [1.807, 2.05) is 47.4 Å². The first-order valence-electron chi connectivity index (χ1n) is 10.2. The summed E-state index contributed by atoms with van der Waals surface area (Å²) in [5.41, 5.74) is 4.51. The van der Waals surface area contributed by atoms with E-state index in [0.717, 1.165) is 41.5 Å². The van der Waals surface area contributed by atoms with Crippen LogP contribution in [0.15, 0.2) is 65.5 Å². The van der Waals surface area contributed by atoms with Gasteiger partial charge in [-0.1, -0.05) is 53.2 Å². The van der Waals surface area contributed by atoms with Crippen LogP contribution in [-0.2, 0) is 0 Å². The molecule has 6 nitrogen and oxygen atoms in total. The average Bonchev–Trinajstić information content (AvgIpc) is 3.33. The van der Waals surface area contributed by atoms with Gasteiger partial charge in [0.05, 0.1) is 16.8 Å². The van der Waals surface area contributed by atoms with Crippen molar-refractivity contribution in [3.05, 3.63) is 77.9 Å². The summed E-state index contributed by atoms with van der Waals surface area (Å²) in [7, 11) is 0. The van der Waals surface area contributed by atoms with E-state index in [4.69, 9.17) is 9.51 Å². The molecule has 2 aromatic carbocycles. The fourth-order valence-corrected chi connectivity index (χ4v) is 4.13. The highest BCUT2D eigenvalue weighted by Gasteiger charge is 2.29. The van der Waals surface area contributed by atoms with Crippen molar-refractivity contribution in [2.75, 3.05) is 13.1 Å². The molecule has 4 aromatic rings. The number of benzene rings is 2. The molecule has 2 aromatic heterocycles. The van der Waals surface area contributed by atoms with Gasteiger partial charge in [-0.15, -0.1) is 0 Å². The number of aromatic nitrogens is 3. The number of amides is 1. The minimum atomic E-state index is 0.0233. The van der Waals surface area contributed by atoms with Gasteiger partial charge < -0.3 is 9.42 Å². The molecular weight excluding hydrogens is 376 g/mol. The first kappa shape index (κ1) is 18.5. The fourth-order valence-electron chi connectivity index (χ4n) is 4.13. The number of likely N-dealkylation sites (tertiary alicyclic amines) is 1. The third kappa shape index (κ3) is 3.45. The van der Waals surface area contributed by atoms with Crippen molar-refractivity contribution in [3.8, 4) is 11.3 Å². The molecule has 1 amide bonds. The number of nitrogens with zero attached hydrogens (tertiary/aromatic N) is 4. The maximum absolute atomic E-state index is 13.6. The standard InChI is InChI=1S/C24H22N4O2/c1-16-8-10-17(11-9-16)22-13-20(19-6-2-3-7-21(19)26-22)24(29)28-12-4-5-18(14-28)23-25-15-30-27-23/h2-3,6-11,13,15,18H,4-5,12,14H2,1H3. The van der Waals surface area contributed by atoms with Crippen LogP contribution >= 0.6 is 0 Å². The van der Waals surface area contributed by atoms with Crippen LogP contribution < -0.4 is 0 Å². The van der Waals surface area contributed by atoms with Gasteiger partial charge in [-0.3, -0.25) is 4.79 Å². The summed E-state index contributed by atoms with van der Waals surface area (Å²) >= 11 is 0. The highest BCUT2D eigenvalue weighted by atomic mass is 16.5. The van der Waals surface area contributed by atoms with Gasteiger partial charge in [-0.05, 0) is 31.9 Å². The second-order valence-electron chi connectivity index (χ2n) is 7.82. The lowest BCUT2D eigenvalue weighted by Crippen LogP contribution is -2.39. The summed E-state index contributed by atoms with van der Waals surface area (Å²) in [4.78, 5) is 24.5. The van der Waals surface area contributed by atoms with Crippen molar-refractivity contribution < 1.29 is 9.32 Å². The van der Waals surface area contributed by atoms with E-state index in [2.05, 4.69) is 29.2 Å². The van der Waals surface area contributed by atoms with Crippen LogP contribution in [0.4, 0.5) is 0 Å². The van der Waals surface area contributed by atoms with Crippen molar-refractivity contribution >= 4 is 16.8 Å². The SMILES string of the molecule is Cc1ccc(-c2cc(C(=O)N3CCCC(c4ncon4)C3)c3ccccc3n2)cc1. The summed E-state index contributed by atoms with van der Waals surface area (Å²) in [6.45, 7) is 3.38. The normalized spacial score (nSPS) is 16.7. The zero-order valence-corrected chi connectivity index (χ0v) is 16.8. The lowest BCUT2D eigenvalue weighted by Gasteiger charge is -2.31. The number of hydrogen-bond acceptors (Lipinski definition) is 5. The van der Waals surface area contributed by atoms with Crippen LogP contribution in [0.5, 0.6) is 0 Å². The largest absolute Gasteiger partial charge is 0.343 e. The molecule has 6 heteroatoms. The lowest BCUT2D eigenvalue weighted by atomic mass is 9.96. The second-order valence-corrected chi connectivity index (χ2v) is 7.82. The molecule has 1 aliphatic rings. The molecule has 30 heavy (non-hydrogen) atoms. The average molecular weight is 398 g/mol. The predicted octanol–water partition coefficient (Wildman–Crippen LogP) is 4.61. The van der Waals surface area contributed by atoms with Gasteiger partial charge in [0, 0.05) is 30.0 Å². The molecule has 0 aliphatic carbocycles. The first-order valence-corrected chi connectivity index (χ1v) is 10.2. The van der Waals surface area contributed by atoms with E-state index in [-0.39, 0.29) is 11.8 Å². The number of carbonyl (C=O) groups is 1. The van der Waals surface area contributed by atoms with Gasteiger partial charge >= 0.3 is 0 Å². The van der Waals surface area contributed by atoms with Crippen LogP contribution in [0.25, 0.3) is 22.2 Å². The van der Waals surface area contributed by atoms with E-state index in [9.17, 15) is 4.79 Å². The summed E-state index contributed by atoms with van der Waals surface area (Å²) in [6, 6.07) is 18.0. The highest BCUT2D eigenvalue weighted by Crippen LogP contribution is 2.29. The van der Waals surface area contributed by atoms with Crippen molar-refractivity contribution in [1.82, 2.24) is 20.0 Å². The van der Waals surface area contributed by atoms with Gasteiger partial charge in [0.2, 0.25) is 6.39 Å². The summed E-state index contributed by atoms with van der Waals surface area (Å²) < 4.78 is 4.91. The van der Waals surface area contributed by atoms with Crippen molar-refractivity contribution in [2.24, 2.45) is 0 Å². The molecule has 0 radical (unpaired) electrons. The van der Waals surface area contributed by atoms with E-state index in [0.29, 0.717) is 17.9 Å².